The molecular formula is C14H16FNO2. The Bertz CT molecular complexity index is 522. The maximum atomic E-state index is 13.1. The van der Waals surface area contributed by atoms with Crippen LogP contribution in [0.5, 0.6) is 5.75 Å². The average Bonchev–Trinajstić information content (AvgIpc) is 2.72. The molecule has 0 aliphatic heterocycles. The maximum absolute atomic E-state index is 13.1. The third-order valence-electron chi connectivity index (χ3n) is 2.58. The van der Waals surface area contributed by atoms with Crippen molar-refractivity contribution >= 4 is 0 Å². The summed E-state index contributed by atoms with van der Waals surface area (Å²) in [5.74, 6) is 1.53. The molecule has 2 rings (SSSR count). The van der Waals surface area contributed by atoms with Crippen LogP contribution in [-0.2, 0) is 0 Å². The van der Waals surface area contributed by atoms with E-state index in [1.165, 1.54) is 12.1 Å². The SMILES string of the molecule is Cc1ccc(C(Oc2cccc(F)c2)C(C)N)o1. The minimum absolute atomic E-state index is 0.265. The van der Waals surface area contributed by atoms with E-state index < -0.39 is 6.10 Å². The predicted octanol–water partition coefficient (Wildman–Crippen LogP) is 3.19. The van der Waals surface area contributed by atoms with Crippen molar-refractivity contribution in [2.75, 3.05) is 0 Å². The summed E-state index contributed by atoms with van der Waals surface area (Å²) in [6.45, 7) is 3.67. The number of halogens is 1. The number of rotatable bonds is 4. The van der Waals surface area contributed by atoms with Gasteiger partial charge >= 0.3 is 0 Å². The molecule has 2 unspecified atom stereocenters. The molecule has 1 heterocycles. The summed E-state index contributed by atoms with van der Waals surface area (Å²) in [4.78, 5) is 0. The van der Waals surface area contributed by atoms with Gasteiger partial charge in [0.25, 0.3) is 0 Å². The first-order valence-electron chi connectivity index (χ1n) is 5.80. The molecule has 2 aromatic rings. The number of aryl methyl sites for hydroxylation is 1. The number of ether oxygens (including phenoxy) is 1. The molecule has 0 spiro atoms. The normalized spacial score (nSPS) is 14.2. The minimum atomic E-state index is -0.430. The van der Waals surface area contributed by atoms with Crippen LogP contribution in [-0.4, -0.2) is 6.04 Å². The Morgan fingerprint density at radius 2 is 2.06 bits per heavy atom. The van der Waals surface area contributed by atoms with Gasteiger partial charge in [0.1, 0.15) is 23.1 Å². The second-order valence-corrected chi connectivity index (χ2v) is 4.30. The molecule has 2 N–H and O–H groups in total. The fraction of sp³-hybridized carbons (Fsp3) is 0.286. The summed E-state index contributed by atoms with van der Waals surface area (Å²) in [7, 11) is 0. The van der Waals surface area contributed by atoms with E-state index in [0.717, 1.165) is 5.76 Å². The number of hydrogen-bond acceptors (Lipinski definition) is 3. The van der Waals surface area contributed by atoms with Crippen LogP contribution in [0.3, 0.4) is 0 Å². The van der Waals surface area contributed by atoms with Crippen LogP contribution >= 0.6 is 0 Å². The van der Waals surface area contributed by atoms with Gasteiger partial charge in [0, 0.05) is 12.1 Å². The van der Waals surface area contributed by atoms with Crippen LogP contribution in [0.1, 0.15) is 24.5 Å². The number of furan rings is 1. The monoisotopic (exact) mass is 249 g/mol. The van der Waals surface area contributed by atoms with E-state index in [1.807, 2.05) is 26.0 Å². The molecule has 0 fully saturated rings. The molecule has 0 aliphatic rings. The molecule has 3 nitrogen and oxygen atoms in total. The molecule has 1 aromatic heterocycles. The average molecular weight is 249 g/mol. The van der Waals surface area contributed by atoms with Crippen molar-refractivity contribution in [3.05, 3.63) is 53.7 Å². The van der Waals surface area contributed by atoms with Crippen molar-refractivity contribution in [1.29, 1.82) is 0 Å². The van der Waals surface area contributed by atoms with Crippen LogP contribution in [0, 0.1) is 12.7 Å². The van der Waals surface area contributed by atoms with Crippen LogP contribution in [0.25, 0.3) is 0 Å². The maximum Gasteiger partial charge on any atom is 0.171 e. The first kappa shape index (κ1) is 12.6. The van der Waals surface area contributed by atoms with Gasteiger partial charge < -0.3 is 14.9 Å². The van der Waals surface area contributed by atoms with Crippen molar-refractivity contribution in [2.45, 2.75) is 26.0 Å². The Hall–Kier alpha value is -1.81. The van der Waals surface area contributed by atoms with Gasteiger partial charge in [-0.3, -0.25) is 0 Å². The Morgan fingerprint density at radius 1 is 1.28 bits per heavy atom. The molecular weight excluding hydrogens is 233 g/mol. The number of nitrogens with two attached hydrogens (primary N) is 1. The zero-order chi connectivity index (χ0) is 13.1. The Morgan fingerprint density at radius 3 is 2.61 bits per heavy atom. The largest absolute Gasteiger partial charge is 0.481 e. The molecule has 0 radical (unpaired) electrons. The summed E-state index contributed by atoms with van der Waals surface area (Å²) < 4.78 is 24.3. The van der Waals surface area contributed by atoms with Gasteiger partial charge in [-0.1, -0.05) is 6.07 Å². The van der Waals surface area contributed by atoms with E-state index in [-0.39, 0.29) is 11.9 Å². The highest BCUT2D eigenvalue weighted by Crippen LogP contribution is 2.26. The molecule has 18 heavy (non-hydrogen) atoms. The minimum Gasteiger partial charge on any atom is -0.481 e. The molecule has 0 saturated carbocycles. The second-order valence-electron chi connectivity index (χ2n) is 4.30. The van der Waals surface area contributed by atoms with Gasteiger partial charge in [-0.05, 0) is 38.1 Å². The van der Waals surface area contributed by atoms with Crippen molar-refractivity contribution in [3.8, 4) is 5.75 Å². The first-order chi connectivity index (χ1) is 8.56. The summed E-state index contributed by atoms with van der Waals surface area (Å²) in [6.07, 6.45) is -0.430. The van der Waals surface area contributed by atoms with E-state index in [2.05, 4.69) is 0 Å². The molecule has 0 bridgehead atoms. The summed E-state index contributed by atoms with van der Waals surface area (Å²) in [5, 5.41) is 0. The zero-order valence-electron chi connectivity index (χ0n) is 10.4. The molecule has 0 saturated heterocycles. The fourth-order valence-electron chi connectivity index (χ4n) is 1.72. The second kappa shape index (κ2) is 5.23. The van der Waals surface area contributed by atoms with Crippen molar-refractivity contribution < 1.29 is 13.5 Å². The van der Waals surface area contributed by atoms with Crippen molar-refractivity contribution in [2.24, 2.45) is 5.73 Å². The van der Waals surface area contributed by atoms with Crippen LogP contribution in [0.4, 0.5) is 4.39 Å². The third kappa shape index (κ3) is 2.90. The van der Waals surface area contributed by atoms with Crippen LogP contribution in [0.2, 0.25) is 0 Å². The van der Waals surface area contributed by atoms with Crippen LogP contribution < -0.4 is 10.5 Å². The van der Waals surface area contributed by atoms with Gasteiger partial charge in [0.05, 0.1) is 0 Å². The fourth-order valence-corrected chi connectivity index (χ4v) is 1.72. The smallest absolute Gasteiger partial charge is 0.171 e. The lowest BCUT2D eigenvalue weighted by atomic mass is 10.1. The van der Waals surface area contributed by atoms with E-state index in [4.69, 9.17) is 14.9 Å². The topological polar surface area (TPSA) is 48.4 Å². The Kier molecular flexibility index (Phi) is 3.67. The highest BCUT2D eigenvalue weighted by molar-refractivity contribution is 5.24. The highest BCUT2D eigenvalue weighted by atomic mass is 19.1. The standard InChI is InChI=1S/C14H16FNO2/c1-9-6-7-13(17-9)14(10(2)16)18-12-5-3-4-11(15)8-12/h3-8,10,14H,16H2,1-2H3. The molecule has 2 atom stereocenters. The molecule has 96 valence electrons. The summed E-state index contributed by atoms with van der Waals surface area (Å²) >= 11 is 0. The molecule has 0 amide bonds. The highest BCUT2D eigenvalue weighted by Gasteiger charge is 2.21. The first-order valence-corrected chi connectivity index (χ1v) is 5.80. The van der Waals surface area contributed by atoms with E-state index >= 15 is 0 Å². The quantitative estimate of drug-likeness (QED) is 0.905. The Labute approximate surface area is 105 Å². The molecule has 1 aromatic carbocycles. The lowest BCUT2D eigenvalue weighted by Gasteiger charge is -2.20. The summed E-state index contributed by atoms with van der Waals surface area (Å²) in [6, 6.07) is 9.38. The number of benzene rings is 1. The zero-order valence-corrected chi connectivity index (χ0v) is 10.4. The van der Waals surface area contributed by atoms with Gasteiger partial charge in [-0.2, -0.15) is 0 Å². The summed E-state index contributed by atoms with van der Waals surface area (Å²) in [5.41, 5.74) is 5.89. The third-order valence-corrected chi connectivity index (χ3v) is 2.58. The van der Waals surface area contributed by atoms with E-state index in [0.29, 0.717) is 11.5 Å². The van der Waals surface area contributed by atoms with E-state index in [9.17, 15) is 4.39 Å². The van der Waals surface area contributed by atoms with E-state index in [1.54, 1.807) is 12.1 Å². The predicted molar refractivity (Wildman–Crippen MR) is 66.9 cm³/mol. The van der Waals surface area contributed by atoms with Gasteiger partial charge in [0.15, 0.2) is 6.10 Å². The van der Waals surface area contributed by atoms with Gasteiger partial charge in [-0.25, -0.2) is 4.39 Å². The van der Waals surface area contributed by atoms with Crippen molar-refractivity contribution in [3.63, 3.8) is 0 Å². The molecule has 0 aliphatic carbocycles. The van der Waals surface area contributed by atoms with Crippen LogP contribution in [0.15, 0.2) is 40.8 Å². The number of hydrogen-bond donors (Lipinski definition) is 1. The lowest BCUT2D eigenvalue weighted by Crippen LogP contribution is -2.28. The van der Waals surface area contributed by atoms with Crippen molar-refractivity contribution in [1.82, 2.24) is 0 Å². The van der Waals surface area contributed by atoms with Gasteiger partial charge in [0.2, 0.25) is 0 Å². The Balaban J connectivity index is 2.22. The van der Waals surface area contributed by atoms with Gasteiger partial charge in [-0.15, -0.1) is 0 Å². The lowest BCUT2D eigenvalue weighted by molar-refractivity contribution is 0.151. The molecule has 4 heteroatoms.